The van der Waals surface area contributed by atoms with Crippen LogP contribution in [0.1, 0.15) is 17.0 Å². The molecule has 0 radical (unpaired) electrons. The van der Waals surface area contributed by atoms with Crippen molar-refractivity contribution in [1.82, 2.24) is 9.55 Å². The molecule has 0 saturated heterocycles. The lowest BCUT2D eigenvalue weighted by Gasteiger charge is -2.15. The van der Waals surface area contributed by atoms with E-state index < -0.39 is 11.7 Å². The van der Waals surface area contributed by atoms with Crippen molar-refractivity contribution in [2.45, 2.75) is 17.9 Å². The number of halogens is 4. The van der Waals surface area contributed by atoms with Crippen LogP contribution in [0.4, 0.5) is 13.2 Å². The lowest BCUT2D eigenvalue weighted by Crippen LogP contribution is -2.12. The maximum atomic E-state index is 13.0. The number of nitrogens with zero attached hydrogens (tertiary/aromatic N) is 2. The molecule has 0 spiro atoms. The first-order valence-corrected chi connectivity index (χ1v) is 7.39. The summed E-state index contributed by atoms with van der Waals surface area (Å²) in [4.78, 5) is 4.10. The van der Waals surface area contributed by atoms with Crippen molar-refractivity contribution in [3.8, 4) is 5.75 Å². The first kappa shape index (κ1) is 15.9. The number of imidazole rings is 1. The highest BCUT2D eigenvalue weighted by Crippen LogP contribution is 2.37. The molecule has 2 aromatic rings. The normalized spacial score (nSPS) is 11.7. The Bertz CT molecular complexity index is 611. The van der Waals surface area contributed by atoms with Crippen LogP contribution in [-0.2, 0) is 25.0 Å². The summed E-state index contributed by atoms with van der Waals surface area (Å²) in [5.74, 6) is 0.613. The third kappa shape index (κ3) is 4.00. The first-order valence-electron chi connectivity index (χ1n) is 6.27. The van der Waals surface area contributed by atoms with E-state index >= 15 is 0 Å². The Morgan fingerprint density at radius 1 is 1.33 bits per heavy atom. The van der Waals surface area contributed by atoms with E-state index in [0.717, 1.165) is 11.9 Å². The van der Waals surface area contributed by atoms with Gasteiger partial charge in [-0.15, -0.1) is 0 Å². The van der Waals surface area contributed by atoms with E-state index in [4.69, 9.17) is 4.74 Å². The molecular weight excluding hydrogens is 349 g/mol. The minimum atomic E-state index is -4.43. The minimum absolute atomic E-state index is 0.140. The zero-order chi connectivity index (χ0) is 15.5. The Balaban J connectivity index is 2.10. The topological polar surface area (TPSA) is 27.1 Å². The molecule has 0 bridgehead atoms. The molecule has 0 fully saturated rings. The van der Waals surface area contributed by atoms with Gasteiger partial charge in [-0.05, 0) is 17.7 Å². The molecule has 7 heteroatoms. The Kier molecular flexibility index (Phi) is 4.92. The maximum Gasteiger partial charge on any atom is 0.419 e. The van der Waals surface area contributed by atoms with E-state index in [-0.39, 0.29) is 12.4 Å². The van der Waals surface area contributed by atoms with Crippen LogP contribution in [0.15, 0.2) is 30.6 Å². The summed E-state index contributed by atoms with van der Waals surface area (Å²) in [5, 5.41) is 0.365. The van der Waals surface area contributed by atoms with Crippen LogP contribution >= 0.6 is 15.9 Å². The van der Waals surface area contributed by atoms with E-state index in [0.29, 0.717) is 17.3 Å². The molecule has 0 amide bonds. The molecule has 0 N–H and O–H groups in total. The maximum absolute atomic E-state index is 13.0. The molecule has 0 unspecified atom stereocenters. The van der Waals surface area contributed by atoms with Crippen LogP contribution < -0.4 is 4.74 Å². The second-order valence-corrected chi connectivity index (χ2v) is 5.08. The van der Waals surface area contributed by atoms with Crippen LogP contribution in [0, 0.1) is 0 Å². The Labute approximate surface area is 128 Å². The van der Waals surface area contributed by atoms with Crippen LogP contribution in [0.5, 0.6) is 5.75 Å². The monoisotopic (exact) mass is 362 g/mol. The lowest BCUT2D eigenvalue weighted by molar-refractivity contribution is -0.139. The molecule has 1 aromatic heterocycles. The average Bonchev–Trinajstić information content (AvgIpc) is 2.83. The van der Waals surface area contributed by atoms with E-state index in [1.807, 2.05) is 11.6 Å². The molecular formula is C14H14BrF3N2O. The van der Waals surface area contributed by atoms with Gasteiger partial charge in [0.05, 0.1) is 12.2 Å². The summed E-state index contributed by atoms with van der Waals surface area (Å²) in [7, 11) is 1.83. The summed E-state index contributed by atoms with van der Waals surface area (Å²) in [6.45, 7) is 0.140. The van der Waals surface area contributed by atoms with Crippen molar-refractivity contribution in [2.75, 3.05) is 6.61 Å². The number of benzene rings is 1. The molecule has 21 heavy (non-hydrogen) atoms. The second-order valence-electron chi connectivity index (χ2n) is 4.51. The predicted molar refractivity (Wildman–Crippen MR) is 76.5 cm³/mol. The van der Waals surface area contributed by atoms with Gasteiger partial charge < -0.3 is 9.30 Å². The highest BCUT2D eigenvalue weighted by atomic mass is 79.9. The Morgan fingerprint density at radius 3 is 2.67 bits per heavy atom. The number of ether oxygens (including phenoxy) is 1. The standard InChI is InChI=1S/C14H14BrF3N2O/c1-20-6-5-19-13(20)4-7-21-12-3-2-10(9-15)8-11(12)14(16,17)18/h2-3,5-6,8H,4,7,9H2,1H3. The Morgan fingerprint density at radius 2 is 2.10 bits per heavy atom. The molecule has 1 aromatic carbocycles. The van der Waals surface area contributed by atoms with Crippen molar-refractivity contribution in [2.24, 2.45) is 7.05 Å². The van der Waals surface area contributed by atoms with Gasteiger partial charge in [0.1, 0.15) is 11.6 Å². The van der Waals surface area contributed by atoms with E-state index in [1.54, 1.807) is 18.5 Å². The fourth-order valence-corrected chi connectivity index (χ4v) is 2.25. The highest BCUT2D eigenvalue weighted by molar-refractivity contribution is 9.08. The van der Waals surface area contributed by atoms with Gasteiger partial charge in [-0.2, -0.15) is 13.2 Å². The molecule has 0 aliphatic carbocycles. The van der Waals surface area contributed by atoms with Gasteiger partial charge in [0.15, 0.2) is 0 Å². The molecule has 0 atom stereocenters. The van der Waals surface area contributed by atoms with E-state index in [9.17, 15) is 13.2 Å². The summed E-state index contributed by atoms with van der Waals surface area (Å²) in [5.41, 5.74) is -0.196. The van der Waals surface area contributed by atoms with Gasteiger partial charge in [0.25, 0.3) is 0 Å². The fourth-order valence-electron chi connectivity index (χ4n) is 1.90. The zero-order valence-corrected chi connectivity index (χ0v) is 12.9. The first-order chi connectivity index (χ1) is 9.91. The van der Waals surface area contributed by atoms with Crippen molar-refractivity contribution in [3.05, 3.63) is 47.5 Å². The molecule has 0 saturated carbocycles. The SMILES string of the molecule is Cn1ccnc1CCOc1ccc(CBr)cc1C(F)(F)F. The quantitative estimate of drug-likeness (QED) is 0.752. The van der Waals surface area contributed by atoms with Crippen LogP contribution in [0.2, 0.25) is 0 Å². The van der Waals surface area contributed by atoms with Crippen molar-refractivity contribution in [3.63, 3.8) is 0 Å². The number of alkyl halides is 4. The molecule has 1 heterocycles. The number of hydrogen-bond acceptors (Lipinski definition) is 2. The molecule has 0 aliphatic rings. The number of aromatic nitrogens is 2. The molecule has 114 valence electrons. The Hall–Kier alpha value is -1.50. The smallest absolute Gasteiger partial charge is 0.419 e. The van der Waals surface area contributed by atoms with Gasteiger partial charge in [-0.1, -0.05) is 22.0 Å². The molecule has 2 rings (SSSR count). The second kappa shape index (κ2) is 6.51. The average molecular weight is 363 g/mol. The summed E-state index contributed by atoms with van der Waals surface area (Å²) < 4.78 is 46.2. The van der Waals surface area contributed by atoms with Gasteiger partial charge in [0, 0.05) is 31.2 Å². The van der Waals surface area contributed by atoms with Crippen molar-refractivity contribution < 1.29 is 17.9 Å². The van der Waals surface area contributed by atoms with Crippen LogP contribution in [-0.4, -0.2) is 16.2 Å². The van der Waals surface area contributed by atoms with Gasteiger partial charge in [-0.25, -0.2) is 4.98 Å². The van der Waals surface area contributed by atoms with Crippen molar-refractivity contribution >= 4 is 15.9 Å². The summed E-state index contributed by atoms with van der Waals surface area (Å²) >= 11 is 3.15. The predicted octanol–water partition coefficient (Wildman–Crippen LogP) is 3.96. The fraction of sp³-hybridized carbons (Fsp3) is 0.357. The van der Waals surface area contributed by atoms with E-state index in [2.05, 4.69) is 20.9 Å². The third-order valence-corrected chi connectivity index (χ3v) is 3.66. The zero-order valence-electron chi connectivity index (χ0n) is 11.3. The molecule has 3 nitrogen and oxygen atoms in total. The van der Waals surface area contributed by atoms with Crippen molar-refractivity contribution in [1.29, 1.82) is 0 Å². The summed E-state index contributed by atoms with van der Waals surface area (Å²) in [6.07, 6.45) is -0.569. The summed E-state index contributed by atoms with van der Waals surface area (Å²) in [6, 6.07) is 4.07. The number of rotatable bonds is 5. The van der Waals surface area contributed by atoms with Gasteiger partial charge in [0.2, 0.25) is 0 Å². The third-order valence-electron chi connectivity index (χ3n) is 3.01. The van der Waals surface area contributed by atoms with Gasteiger partial charge >= 0.3 is 6.18 Å². The highest BCUT2D eigenvalue weighted by Gasteiger charge is 2.34. The van der Waals surface area contributed by atoms with Crippen LogP contribution in [0.3, 0.4) is 0 Å². The minimum Gasteiger partial charge on any atom is -0.492 e. The largest absolute Gasteiger partial charge is 0.492 e. The van der Waals surface area contributed by atoms with Crippen LogP contribution in [0.25, 0.3) is 0 Å². The number of aryl methyl sites for hydroxylation is 1. The number of hydrogen-bond donors (Lipinski definition) is 0. The lowest BCUT2D eigenvalue weighted by atomic mass is 10.1. The molecule has 0 aliphatic heterocycles. The van der Waals surface area contributed by atoms with Gasteiger partial charge in [-0.3, -0.25) is 0 Å². The van der Waals surface area contributed by atoms with E-state index in [1.165, 1.54) is 6.07 Å².